The molecule has 1 aliphatic rings. The molecule has 0 fully saturated rings. The second-order valence-corrected chi connectivity index (χ2v) is 15.5. The lowest BCUT2D eigenvalue weighted by Crippen LogP contribution is -2.14. The molecule has 9 aromatic rings. The molecule has 0 unspecified atom stereocenters. The summed E-state index contributed by atoms with van der Waals surface area (Å²) < 4.78 is 2.41. The van der Waals surface area contributed by atoms with Crippen LogP contribution >= 0.6 is 0 Å². The predicted molar refractivity (Wildman–Crippen MR) is 241 cm³/mol. The number of para-hydroxylation sites is 2. The van der Waals surface area contributed by atoms with E-state index in [0.717, 1.165) is 22.4 Å². The first kappa shape index (κ1) is 34.4. The molecule has 0 bridgehead atoms. The van der Waals surface area contributed by atoms with Gasteiger partial charge >= 0.3 is 0 Å². The Morgan fingerprint density at radius 2 is 1.11 bits per heavy atom. The summed E-state index contributed by atoms with van der Waals surface area (Å²) in [7, 11) is 0. The SMILES string of the molecule is C=NC(=NCc1ccc(-n2c3ccccc3c3cccc(-c4ccc(-c5ccc6c(c5)C(C)(C)c5ccccc5-6)cc4)c32)cc1)c1ccc(-c2ccccc2)cc1. The molecule has 0 atom stereocenters. The van der Waals surface area contributed by atoms with Crippen LogP contribution in [0.15, 0.2) is 198 Å². The summed E-state index contributed by atoms with van der Waals surface area (Å²) in [4.78, 5) is 9.16. The van der Waals surface area contributed by atoms with E-state index in [9.17, 15) is 0 Å². The van der Waals surface area contributed by atoms with Crippen molar-refractivity contribution in [1.29, 1.82) is 0 Å². The highest BCUT2D eigenvalue weighted by Gasteiger charge is 2.35. The highest BCUT2D eigenvalue weighted by atomic mass is 15.0. The van der Waals surface area contributed by atoms with E-state index in [1.54, 1.807) is 0 Å². The van der Waals surface area contributed by atoms with Gasteiger partial charge in [0.1, 0.15) is 0 Å². The lowest BCUT2D eigenvalue weighted by Gasteiger charge is -2.22. The second-order valence-electron chi connectivity index (χ2n) is 15.5. The predicted octanol–water partition coefficient (Wildman–Crippen LogP) is 13.7. The van der Waals surface area contributed by atoms with Gasteiger partial charge in [-0.15, -0.1) is 0 Å². The van der Waals surface area contributed by atoms with Gasteiger partial charge in [-0.25, -0.2) is 4.99 Å². The Morgan fingerprint density at radius 1 is 0.509 bits per heavy atom. The minimum atomic E-state index is -0.0298. The van der Waals surface area contributed by atoms with E-state index in [2.05, 4.69) is 212 Å². The fourth-order valence-corrected chi connectivity index (χ4v) is 8.84. The fourth-order valence-electron chi connectivity index (χ4n) is 8.84. The van der Waals surface area contributed by atoms with Crippen LogP contribution in [0.5, 0.6) is 0 Å². The third-order valence-corrected chi connectivity index (χ3v) is 11.8. The normalized spacial score (nSPS) is 13.1. The van der Waals surface area contributed by atoms with Gasteiger partial charge in [-0.3, -0.25) is 4.99 Å². The summed E-state index contributed by atoms with van der Waals surface area (Å²) in [6, 6.07) is 67.8. The van der Waals surface area contributed by atoms with Crippen LogP contribution in [0.3, 0.4) is 0 Å². The summed E-state index contributed by atoms with van der Waals surface area (Å²) in [5.41, 5.74) is 18.2. The monoisotopic (exact) mass is 731 g/mol. The van der Waals surface area contributed by atoms with E-state index in [1.165, 1.54) is 71.9 Å². The van der Waals surface area contributed by atoms with Crippen molar-refractivity contribution in [3.63, 3.8) is 0 Å². The molecular formula is C54H41N3. The van der Waals surface area contributed by atoms with E-state index in [-0.39, 0.29) is 5.41 Å². The third kappa shape index (κ3) is 5.91. The molecule has 1 heterocycles. The van der Waals surface area contributed by atoms with Gasteiger partial charge in [0.25, 0.3) is 0 Å². The van der Waals surface area contributed by atoms with Crippen molar-refractivity contribution in [1.82, 2.24) is 4.57 Å². The quantitative estimate of drug-likeness (QED) is 0.115. The maximum absolute atomic E-state index is 4.87. The topological polar surface area (TPSA) is 29.6 Å². The highest BCUT2D eigenvalue weighted by Crippen LogP contribution is 2.49. The highest BCUT2D eigenvalue weighted by molar-refractivity contribution is 6.13. The van der Waals surface area contributed by atoms with Crippen LogP contribution in [0.4, 0.5) is 0 Å². The lowest BCUT2D eigenvalue weighted by molar-refractivity contribution is 0.660. The fraction of sp³-hybridized carbons (Fsp3) is 0.0741. The van der Waals surface area contributed by atoms with Crippen LogP contribution < -0.4 is 0 Å². The minimum Gasteiger partial charge on any atom is -0.309 e. The number of hydrogen-bond donors (Lipinski definition) is 0. The first-order valence-electron chi connectivity index (χ1n) is 19.6. The lowest BCUT2D eigenvalue weighted by atomic mass is 9.81. The Balaban J connectivity index is 0.965. The van der Waals surface area contributed by atoms with E-state index in [4.69, 9.17) is 4.99 Å². The Kier molecular flexibility index (Phi) is 8.38. The average molecular weight is 732 g/mol. The van der Waals surface area contributed by atoms with Crippen LogP contribution in [0.1, 0.15) is 36.1 Å². The van der Waals surface area contributed by atoms with Crippen molar-refractivity contribution in [2.75, 3.05) is 0 Å². The summed E-state index contributed by atoms with van der Waals surface area (Å²) in [6.07, 6.45) is 0. The molecular weight excluding hydrogens is 691 g/mol. The van der Waals surface area contributed by atoms with Crippen molar-refractivity contribution >= 4 is 34.4 Å². The van der Waals surface area contributed by atoms with Crippen LogP contribution in [0.25, 0.3) is 72.0 Å². The maximum atomic E-state index is 4.87. The summed E-state index contributed by atoms with van der Waals surface area (Å²) >= 11 is 0. The van der Waals surface area contributed by atoms with Crippen molar-refractivity contribution in [3.05, 3.63) is 210 Å². The second kappa shape index (κ2) is 13.9. The van der Waals surface area contributed by atoms with E-state index < -0.39 is 0 Å². The van der Waals surface area contributed by atoms with Gasteiger partial charge in [-0.1, -0.05) is 178 Å². The first-order chi connectivity index (χ1) is 28.0. The number of amidine groups is 1. The first-order valence-corrected chi connectivity index (χ1v) is 19.6. The van der Waals surface area contributed by atoms with Crippen LogP contribution in [0, 0.1) is 0 Å². The molecule has 3 heteroatoms. The molecule has 1 aromatic heterocycles. The van der Waals surface area contributed by atoms with Crippen LogP contribution in [-0.4, -0.2) is 17.1 Å². The van der Waals surface area contributed by atoms with Gasteiger partial charge in [0.15, 0.2) is 5.84 Å². The summed E-state index contributed by atoms with van der Waals surface area (Å²) in [5.74, 6) is 0.641. The molecule has 10 rings (SSSR count). The van der Waals surface area contributed by atoms with Crippen LogP contribution in [0.2, 0.25) is 0 Å². The Morgan fingerprint density at radius 3 is 1.89 bits per heavy atom. The van der Waals surface area contributed by atoms with Gasteiger partial charge in [0.05, 0.1) is 17.6 Å². The number of fused-ring (bicyclic) bond motifs is 6. The zero-order valence-electron chi connectivity index (χ0n) is 32.2. The summed E-state index contributed by atoms with van der Waals surface area (Å²) in [5, 5.41) is 2.47. The average Bonchev–Trinajstić information content (AvgIpc) is 3.73. The van der Waals surface area contributed by atoms with Crippen molar-refractivity contribution < 1.29 is 0 Å². The van der Waals surface area contributed by atoms with Gasteiger partial charge in [0, 0.05) is 33.0 Å². The van der Waals surface area contributed by atoms with Gasteiger partial charge < -0.3 is 4.57 Å². The molecule has 1 aliphatic carbocycles. The smallest absolute Gasteiger partial charge is 0.154 e. The Labute approximate surface area is 334 Å². The number of aromatic nitrogens is 1. The molecule has 0 aliphatic heterocycles. The standard InChI is InChI=1S/C54H41N3/c1-54(2)49-18-9-7-14-45(49)46-33-30-42(34-50(46)54)39-22-26-40(27-23-39)44-16-11-17-48-47-15-8-10-19-51(47)57(52(44)48)43-31-20-36(21-32-43)35-56-53(55-3)41-28-24-38(25-29-41)37-12-5-4-6-13-37/h4-34H,3,35H2,1-2H3. The summed E-state index contributed by atoms with van der Waals surface area (Å²) in [6.45, 7) is 9.02. The number of nitrogens with zero attached hydrogens (tertiary/aromatic N) is 3. The van der Waals surface area contributed by atoms with Gasteiger partial charge in [-0.05, 0) is 86.6 Å². The molecule has 0 N–H and O–H groups in total. The van der Waals surface area contributed by atoms with Gasteiger partial charge in [-0.2, -0.15) is 0 Å². The molecule has 0 saturated carbocycles. The molecule has 8 aromatic carbocycles. The van der Waals surface area contributed by atoms with Crippen molar-refractivity contribution in [2.24, 2.45) is 9.98 Å². The van der Waals surface area contributed by atoms with Crippen molar-refractivity contribution in [3.8, 4) is 50.2 Å². The van der Waals surface area contributed by atoms with Gasteiger partial charge in [0.2, 0.25) is 0 Å². The Hall–Kier alpha value is -7.10. The number of benzene rings is 8. The number of aliphatic imine (C=N–C) groups is 2. The maximum Gasteiger partial charge on any atom is 0.154 e. The van der Waals surface area contributed by atoms with E-state index in [1.807, 2.05) is 6.07 Å². The molecule has 0 saturated heterocycles. The zero-order chi connectivity index (χ0) is 38.5. The molecule has 3 nitrogen and oxygen atoms in total. The van der Waals surface area contributed by atoms with Crippen LogP contribution in [-0.2, 0) is 12.0 Å². The van der Waals surface area contributed by atoms with E-state index in [0.29, 0.717) is 12.4 Å². The minimum absolute atomic E-state index is 0.0298. The molecule has 0 radical (unpaired) electrons. The Bertz CT molecular complexity index is 2980. The molecule has 57 heavy (non-hydrogen) atoms. The third-order valence-electron chi connectivity index (χ3n) is 11.8. The molecule has 272 valence electrons. The number of rotatable bonds is 7. The van der Waals surface area contributed by atoms with E-state index >= 15 is 0 Å². The van der Waals surface area contributed by atoms with Crippen molar-refractivity contribution in [2.45, 2.75) is 25.8 Å². The zero-order valence-corrected chi connectivity index (χ0v) is 32.2. The molecule has 0 spiro atoms. The largest absolute Gasteiger partial charge is 0.309 e. The molecule has 0 amide bonds. The number of hydrogen-bond acceptors (Lipinski definition) is 1.